The number of nitrogens with one attached hydrogen (secondary N) is 1. The summed E-state index contributed by atoms with van der Waals surface area (Å²) in [5, 5.41) is 13.2. The van der Waals surface area contributed by atoms with E-state index in [-0.39, 0.29) is 11.9 Å². The molecule has 1 aromatic rings. The number of β-amino-alcohol motifs (C(OH)–C–C–N with tert-alkyl or cyclic N) is 1. The van der Waals surface area contributed by atoms with Crippen molar-refractivity contribution in [1.29, 1.82) is 0 Å². The van der Waals surface area contributed by atoms with Gasteiger partial charge in [0.2, 0.25) is 0 Å². The van der Waals surface area contributed by atoms with Crippen LogP contribution in [0, 0.1) is 0 Å². The molecule has 4 heteroatoms. The van der Waals surface area contributed by atoms with E-state index < -0.39 is 6.10 Å². The minimum Gasteiger partial charge on any atom is -0.390 e. The maximum absolute atomic E-state index is 12.1. The van der Waals surface area contributed by atoms with Gasteiger partial charge in [0.25, 0.3) is 5.91 Å². The predicted molar refractivity (Wildman–Crippen MR) is 88.8 cm³/mol. The third kappa shape index (κ3) is 4.97. The van der Waals surface area contributed by atoms with Gasteiger partial charge >= 0.3 is 0 Å². The Balaban J connectivity index is 1.81. The van der Waals surface area contributed by atoms with Crippen molar-refractivity contribution in [3.63, 3.8) is 0 Å². The molecule has 0 aromatic heterocycles. The Labute approximate surface area is 132 Å². The summed E-state index contributed by atoms with van der Waals surface area (Å²) in [6.07, 6.45) is 3.51. The number of hydrogen-bond acceptors (Lipinski definition) is 3. The van der Waals surface area contributed by atoms with Crippen molar-refractivity contribution in [2.24, 2.45) is 0 Å². The molecule has 1 fully saturated rings. The Morgan fingerprint density at radius 3 is 2.73 bits per heavy atom. The van der Waals surface area contributed by atoms with Gasteiger partial charge in [-0.15, -0.1) is 0 Å². The number of aliphatic hydroxyl groups excluding tert-OH is 1. The Bertz CT molecular complexity index is 509. The first-order valence-electron chi connectivity index (χ1n) is 7.96. The summed E-state index contributed by atoms with van der Waals surface area (Å²) >= 11 is 0. The lowest BCUT2D eigenvalue weighted by Gasteiger charge is -2.36. The maximum Gasteiger partial charge on any atom is 0.251 e. The van der Waals surface area contributed by atoms with Crippen LogP contribution in [0.5, 0.6) is 0 Å². The first-order chi connectivity index (χ1) is 10.6. The van der Waals surface area contributed by atoms with Crippen LogP contribution in [0.3, 0.4) is 0 Å². The van der Waals surface area contributed by atoms with Crippen LogP contribution >= 0.6 is 0 Å². The largest absolute Gasteiger partial charge is 0.390 e. The fourth-order valence-corrected chi connectivity index (χ4v) is 2.75. The van der Waals surface area contributed by atoms with E-state index in [4.69, 9.17) is 0 Å². The zero-order valence-corrected chi connectivity index (χ0v) is 13.5. The van der Waals surface area contributed by atoms with Crippen molar-refractivity contribution in [3.8, 4) is 0 Å². The second-order valence-electron chi connectivity index (χ2n) is 6.17. The Morgan fingerprint density at radius 2 is 2.09 bits per heavy atom. The number of hydrogen-bond donors (Lipinski definition) is 2. The van der Waals surface area contributed by atoms with Gasteiger partial charge in [-0.3, -0.25) is 4.79 Å². The summed E-state index contributed by atoms with van der Waals surface area (Å²) in [6, 6.07) is 8.99. The van der Waals surface area contributed by atoms with Crippen molar-refractivity contribution < 1.29 is 9.90 Å². The molecule has 0 radical (unpaired) electrons. The molecule has 1 aliphatic rings. The van der Waals surface area contributed by atoms with Gasteiger partial charge in [-0.1, -0.05) is 29.8 Å². The molecule has 0 bridgehead atoms. The molecule has 22 heavy (non-hydrogen) atoms. The highest BCUT2D eigenvalue weighted by molar-refractivity contribution is 5.94. The molecule has 120 valence electrons. The quantitative estimate of drug-likeness (QED) is 0.820. The minimum atomic E-state index is -0.506. The molecule has 1 saturated heterocycles. The van der Waals surface area contributed by atoms with E-state index in [1.165, 1.54) is 5.57 Å². The fraction of sp³-hybridized carbons (Fsp3) is 0.500. The van der Waals surface area contributed by atoms with Gasteiger partial charge in [0.05, 0.1) is 12.1 Å². The van der Waals surface area contributed by atoms with Crippen molar-refractivity contribution >= 4 is 5.91 Å². The molecule has 1 amide bonds. The second-order valence-corrected chi connectivity index (χ2v) is 6.17. The number of aliphatic hydroxyl groups is 1. The van der Waals surface area contributed by atoms with E-state index in [0.29, 0.717) is 12.1 Å². The third-order valence-corrected chi connectivity index (χ3v) is 4.02. The standard InChI is InChI=1S/C18H26N2O2/c1-14(2)7-6-11-20-12-10-16(17(21)13-20)19-18(22)15-8-4-3-5-9-15/h3-5,7-9,16-17,21H,6,10-13H2,1-2H3,(H,19,22)/t16-,17-/m1/s1. The number of nitrogens with zero attached hydrogens (tertiary/aromatic N) is 1. The highest BCUT2D eigenvalue weighted by atomic mass is 16.3. The highest BCUT2D eigenvalue weighted by Crippen LogP contribution is 2.13. The number of carbonyl (C=O) groups is 1. The van der Waals surface area contributed by atoms with Gasteiger partial charge in [0.1, 0.15) is 0 Å². The summed E-state index contributed by atoms with van der Waals surface area (Å²) in [4.78, 5) is 14.4. The van der Waals surface area contributed by atoms with E-state index in [2.05, 4.69) is 30.1 Å². The molecule has 1 aliphatic heterocycles. The summed E-state index contributed by atoms with van der Waals surface area (Å²) in [7, 11) is 0. The Hall–Kier alpha value is -1.65. The number of benzene rings is 1. The van der Waals surface area contributed by atoms with Crippen LogP contribution in [0.4, 0.5) is 0 Å². The zero-order chi connectivity index (χ0) is 15.9. The Kier molecular flexibility index (Phi) is 6.16. The molecule has 2 atom stereocenters. The molecule has 1 heterocycles. The van der Waals surface area contributed by atoms with E-state index in [0.717, 1.165) is 25.9 Å². The first-order valence-corrected chi connectivity index (χ1v) is 7.96. The molecule has 4 nitrogen and oxygen atoms in total. The average molecular weight is 302 g/mol. The number of allylic oxidation sites excluding steroid dienone is 1. The van der Waals surface area contributed by atoms with Crippen molar-refractivity contribution in [2.45, 2.75) is 38.8 Å². The molecule has 1 aromatic carbocycles. The van der Waals surface area contributed by atoms with Crippen LogP contribution in [0.2, 0.25) is 0 Å². The van der Waals surface area contributed by atoms with Gasteiger partial charge < -0.3 is 15.3 Å². The molecule has 2 rings (SSSR count). The van der Waals surface area contributed by atoms with Crippen LogP contribution in [0.15, 0.2) is 42.0 Å². The van der Waals surface area contributed by atoms with Gasteiger partial charge in [-0.05, 0) is 38.8 Å². The summed E-state index contributed by atoms with van der Waals surface area (Å²) in [5.74, 6) is -0.109. The van der Waals surface area contributed by atoms with Crippen LogP contribution in [0.1, 0.15) is 37.0 Å². The highest BCUT2D eigenvalue weighted by Gasteiger charge is 2.28. The van der Waals surface area contributed by atoms with Crippen LogP contribution in [-0.4, -0.2) is 47.7 Å². The lowest BCUT2D eigenvalue weighted by atomic mass is 10.0. The van der Waals surface area contributed by atoms with Crippen LogP contribution in [-0.2, 0) is 0 Å². The lowest BCUT2D eigenvalue weighted by Crippen LogP contribution is -2.54. The third-order valence-electron chi connectivity index (χ3n) is 4.02. The number of rotatable bonds is 5. The summed E-state index contributed by atoms with van der Waals surface area (Å²) in [6.45, 7) is 6.69. The minimum absolute atomic E-state index is 0.109. The molecule has 0 saturated carbocycles. The van der Waals surface area contributed by atoms with Gasteiger partial charge in [0.15, 0.2) is 0 Å². The lowest BCUT2D eigenvalue weighted by molar-refractivity contribution is 0.0386. The normalized spacial score (nSPS) is 22.1. The van der Waals surface area contributed by atoms with E-state index in [1.807, 2.05) is 18.2 Å². The SMILES string of the molecule is CC(C)=CCCN1CC[C@@H](NC(=O)c2ccccc2)[C@H](O)C1. The van der Waals surface area contributed by atoms with Crippen LogP contribution in [0.25, 0.3) is 0 Å². The topological polar surface area (TPSA) is 52.6 Å². The average Bonchev–Trinajstić information content (AvgIpc) is 2.50. The molecule has 2 N–H and O–H groups in total. The van der Waals surface area contributed by atoms with Crippen molar-refractivity contribution in [1.82, 2.24) is 10.2 Å². The smallest absolute Gasteiger partial charge is 0.251 e. The van der Waals surface area contributed by atoms with Crippen LogP contribution < -0.4 is 5.32 Å². The van der Waals surface area contributed by atoms with Crippen molar-refractivity contribution in [2.75, 3.05) is 19.6 Å². The van der Waals surface area contributed by atoms with Crippen molar-refractivity contribution in [3.05, 3.63) is 47.5 Å². The fourth-order valence-electron chi connectivity index (χ4n) is 2.75. The monoisotopic (exact) mass is 302 g/mol. The molecule has 0 unspecified atom stereocenters. The summed E-state index contributed by atoms with van der Waals surface area (Å²) in [5.41, 5.74) is 1.96. The molecular formula is C18H26N2O2. The number of amides is 1. The summed E-state index contributed by atoms with van der Waals surface area (Å²) < 4.78 is 0. The zero-order valence-electron chi connectivity index (χ0n) is 13.5. The molecule has 0 spiro atoms. The van der Waals surface area contributed by atoms with E-state index in [9.17, 15) is 9.90 Å². The van der Waals surface area contributed by atoms with Gasteiger partial charge in [-0.2, -0.15) is 0 Å². The first kappa shape index (κ1) is 16.7. The number of carbonyl (C=O) groups excluding carboxylic acids is 1. The van der Waals surface area contributed by atoms with E-state index in [1.54, 1.807) is 12.1 Å². The number of likely N-dealkylation sites (tertiary alicyclic amines) is 1. The molecule has 0 aliphatic carbocycles. The maximum atomic E-state index is 12.1. The van der Waals surface area contributed by atoms with Gasteiger partial charge in [-0.25, -0.2) is 0 Å². The van der Waals surface area contributed by atoms with E-state index >= 15 is 0 Å². The predicted octanol–water partition coefficient (Wildman–Crippen LogP) is 2.21. The second kappa shape index (κ2) is 8.11. The Morgan fingerprint density at radius 1 is 1.36 bits per heavy atom. The number of piperidine rings is 1. The molecular weight excluding hydrogens is 276 g/mol. The van der Waals surface area contributed by atoms with Gasteiger partial charge in [0, 0.05) is 25.2 Å².